The zero-order valence-electron chi connectivity index (χ0n) is 13.1. The fourth-order valence-corrected chi connectivity index (χ4v) is 3.34. The molecule has 0 amide bonds. The second kappa shape index (κ2) is 5.67. The third-order valence-electron chi connectivity index (χ3n) is 4.74. The first kappa shape index (κ1) is 14.4. The van der Waals surface area contributed by atoms with E-state index in [9.17, 15) is 0 Å². The molecular weight excluding hydrogens is 268 g/mol. The maximum atomic E-state index is 5.59. The molecule has 1 aromatic heterocycles. The Hall–Kier alpha value is -1.56. The van der Waals surface area contributed by atoms with Gasteiger partial charge in [-0.3, -0.25) is 4.99 Å². The summed E-state index contributed by atoms with van der Waals surface area (Å²) in [6.07, 6.45) is 2.36. The minimum atomic E-state index is 0.348. The second-order valence-corrected chi connectivity index (χ2v) is 6.18. The zero-order valence-corrected chi connectivity index (χ0v) is 13.1. The van der Waals surface area contributed by atoms with Gasteiger partial charge >= 0.3 is 0 Å². The molecule has 2 aliphatic rings. The van der Waals surface area contributed by atoms with Gasteiger partial charge in [0.25, 0.3) is 0 Å². The number of aliphatic imine (C=N–C) groups is 1. The fourth-order valence-electron chi connectivity index (χ4n) is 3.34. The number of hydrogen-bond acceptors (Lipinski definition) is 4. The summed E-state index contributed by atoms with van der Waals surface area (Å²) in [5.41, 5.74) is 2.41. The molecule has 0 aliphatic carbocycles. The highest BCUT2D eigenvalue weighted by Gasteiger charge is 2.42. The molecule has 3 heterocycles. The lowest BCUT2D eigenvalue weighted by Crippen LogP contribution is -2.41. The van der Waals surface area contributed by atoms with Gasteiger partial charge in [0.15, 0.2) is 5.96 Å². The van der Waals surface area contributed by atoms with Crippen LogP contribution in [0.5, 0.6) is 0 Å². The van der Waals surface area contributed by atoms with Gasteiger partial charge in [0, 0.05) is 44.3 Å². The van der Waals surface area contributed by atoms with E-state index in [2.05, 4.69) is 20.4 Å². The Morgan fingerprint density at radius 2 is 2.29 bits per heavy atom. The number of hydrogen-bond donors (Lipinski definition) is 1. The Labute approximate surface area is 125 Å². The zero-order chi connectivity index (χ0) is 14.9. The largest absolute Gasteiger partial charge is 0.381 e. The molecule has 1 atom stereocenters. The average Bonchev–Trinajstić information content (AvgIpc) is 3.18. The lowest BCUT2D eigenvalue weighted by atomic mass is 9.87. The standard InChI is InChI=1S/C15H24N4O2/c1-11-13(12(2)21-18-11)8-17-14(16-3)19-6-4-15(9-19)5-7-20-10-15/h4-10H2,1-3H3,(H,16,17). The van der Waals surface area contributed by atoms with Crippen LogP contribution in [0.1, 0.15) is 29.9 Å². The highest BCUT2D eigenvalue weighted by atomic mass is 16.5. The van der Waals surface area contributed by atoms with Crippen molar-refractivity contribution in [2.45, 2.75) is 33.2 Å². The Bertz CT molecular complexity index is 512. The summed E-state index contributed by atoms with van der Waals surface area (Å²) < 4.78 is 10.8. The average molecular weight is 292 g/mol. The smallest absolute Gasteiger partial charge is 0.193 e. The molecule has 6 heteroatoms. The molecule has 6 nitrogen and oxygen atoms in total. The number of nitrogens with zero attached hydrogens (tertiary/aromatic N) is 3. The highest BCUT2D eigenvalue weighted by molar-refractivity contribution is 5.80. The van der Waals surface area contributed by atoms with Gasteiger partial charge in [0.1, 0.15) is 5.76 Å². The van der Waals surface area contributed by atoms with Crippen molar-refractivity contribution in [3.63, 3.8) is 0 Å². The molecule has 0 saturated carbocycles. The van der Waals surface area contributed by atoms with E-state index in [0.717, 1.165) is 49.3 Å². The molecule has 116 valence electrons. The van der Waals surface area contributed by atoms with Crippen LogP contribution in [0.15, 0.2) is 9.52 Å². The molecule has 2 saturated heterocycles. The Balaban J connectivity index is 1.62. The van der Waals surface area contributed by atoms with Crippen LogP contribution in [0.4, 0.5) is 0 Å². The lowest BCUT2D eigenvalue weighted by molar-refractivity contribution is 0.156. The van der Waals surface area contributed by atoms with Gasteiger partial charge in [-0.15, -0.1) is 0 Å². The Kier molecular flexibility index (Phi) is 3.89. The molecule has 0 aromatic carbocycles. The van der Waals surface area contributed by atoms with Crippen LogP contribution >= 0.6 is 0 Å². The van der Waals surface area contributed by atoms with Crippen molar-refractivity contribution < 1.29 is 9.26 Å². The summed E-state index contributed by atoms with van der Waals surface area (Å²) in [5, 5.41) is 7.43. The predicted octanol–water partition coefficient (Wildman–Crippen LogP) is 1.48. The first-order valence-electron chi connectivity index (χ1n) is 7.59. The molecule has 0 radical (unpaired) electrons. The van der Waals surface area contributed by atoms with Crippen LogP contribution in [-0.2, 0) is 11.3 Å². The maximum Gasteiger partial charge on any atom is 0.193 e. The molecule has 21 heavy (non-hydrogen) atoms. The molecule has 3 rings (SSSR count). The van der Waals surface area contributed by atoms with Crippen molar-refractivity contribution >= 4 is 5.96 Å². The van der Waals surface area contributed by atoms with Crippen LogP contribution in [0.2, 0.25) is 0 Å². The lowest BCUT2D eigenvalue weighted by Gasteiger charge is -2.24. The topological polar surface area (TPSA) is 62.9 Å². The van der Waals surface area contributed by atoms with Gasteiger partial charge in [0.2, 0.25) is 0 Å². The van der Waals surface area contributed by atoms with Crippen molar-refractivity contribution in [3.05, 3.63) is 17.0 Å². The molecule has 0 bridgehead atoms. The number of ether oxygens (including phenoxy) is 1. The SMILES string of the molecule is CN=C(NCc1c(C)noc1C)N1CCC2(CCOC2)C1. The van der Waals surface area contributed by atoms with Gasteiger partial charge in [-0.1, -0.05) is 5.16 Å². The number of rotatable bonds is 2. The number of aromatic nitrogens is 1. The van der Waals surface area contributed by atoms with Crippen molar-refractivity contribution in [1.29, 1.82) is 0 Å². The van der Waals surface area contributed by atoms with Crippen LogP contribution < -0.4 is 5.32 Å². The van der Waals surface area contributed by atoms with Crippen molar-refractivity contribution in [2.75, 3.05) is 33.4 Å². The molecular formula is C15H24N4O2. The first-order valence-corrected chi connectivity index (χ1v) is 7.59. The highest BCUT2D eigenvalue weighted by Crippen LogP contribution is 2.38. The molecule has 1 N–H and O–H groups in total. The summed E-state index contributed by atoms with van der Waals surface area (Å²) in [5.74, 6) is 1.83. The maximum absolute atomic E-state index is 5.59. The van der Waals surface area contributed by atoms with Gasteiger partial charge in [-0.05, 0) is 26.7 Å². The summed E-state index contributed by atoms with van der Waals surface area (Å²) >= 11 is 0. The third-order valence-corrected chi connectivity index (χ3v) is 4.74. The first-order chi connectivity index (χ1) is 10.1. The van der Waals surface area contributed by atoms with Gasteiger partial charge in [-0.2, -0.15) is 0 Å². The van der Waals surface area contributed by atoms with Crippen molar-refractivity contribution in [2.24, 2.45) is 10.4 Å². The summed E-state index contributed by atoms with van der Waals surface area (Å²) in [4.78, 5) is 6.76. The Morgan fingerprint density at radius 3 is 2.90 bits per heavy atom. The number of nitrogens with one attached hydrogen (secondary N) is 1. The van der Waals surface area contributed by atoms with E-state index in [1.54, 1.807) is 0 Å². The minimum Gasteiger partial charge on any atom is -0.381 e. The molecule has 2 aliphatic heterocycles. The van der Waals surface area contributed by atoms with Crippen LogP contribution in [0.25, 0.3) is 0 Å². The van der Waals surface area contributed by atoms with E-state index >= 15 is 0 Å². The van der Waals surface area contributed by atoms with Crippen LogP contribution in [0.3, 0.4) is 0 Å². The fraction of sp³-hybridized carbons (Fsp3) is 0.733. The number of guanidine groups is 1. The molecule has 1 aromatic rings. The van der Waals surface area contributed by atoms with Crippen LogP contribution in [-0.4, -0.2) is 49.4 Å². The van der Waals surface area contributed by atoms with E-state index in [1.165, 1.54) is 12.8 Å². The third kappa shape index (κ3) is 2.77. The van der Waals surface area contributed by atoms with Gasteiger partial charge in [0.05, 0.1) is 12.3 Å². The molecule has 1 unspecified atom stereocenters. The normalized spacial score (nSPS) is 26.0. The summed E-state index contributed by atoms with van der Waals surface area (Å²) in [6.45, 7) is 8.49. The van der Waals surface area contributed by atoms with Crippen molar-refractivity contribution in [3.8, 4) is 0 Å². The van der Waals surface area contributed by atoms with E-state index < -0.39 is 0 Å². The van der Waals surface area contributed by atoms with E-state index in [-0.39, 0.29) is 0 Å². The monoisotopic (exact) mass is 292 g/mol. The summed E-state index contributed by atoms with van der Waals surface area (Å²) in [6, 6.07) is 0. The predicted molar refractivity (Wildman–Crippen MR) is 80.2 cm³/mol. The van der Waals surface area contributed by atoms with Gasteiger partial charge in [-0.25, -0.2) is 0 Å². The quantitative estimate of drug-likeness (QED) is 0.661. The van der Waals surface area contributed by atoms with Gasteiger partial charge < -0.3 is 19.5 Å². The number of likely N-dealkylation sites (tertiary alicyclic amines) is 1. The van der Waals surface area contributed by atoms with E-state index in [1.807, 2.05) is 20.9 Å². The molecule has 1 spiro atoms. The number of aryl methyl sites for hydroxylation is 2. The summed E-state index contributed by atoms with van der Waals surface area (Å²) in [7, 11) is 1.84. The van der Waals surface area contributed by atoms with E-state index in [0.29, 0.717) is 12.0 Å². The Morgan fingerprint density at radius 1 is 1.43 bits per heavy atom. The minimum absolute atomic E-state index is 0.348. The second-order valence-electron chi connectivity index (χ2n) is 6.18. The van der Waals surface area contributed by atoms with Crippen LogP contribution in [0, 0.1) is 19.3 Å². The van der Waals surface area contributed by atoms with E-state index in [4.69, 9.17) is 9.26 Å². The molecule has 2 fully saturated rings. The van der Waals surface area contributed by atoms with Crippen molar-refractivity contribution in [1.82, 2.24) is 15.4 Å².